The number of ether oxygens (including phenoxy) is 1. The van der Waals surface area contributed by atoms with Crippen LogP contribution < -0.4 is 0 Å². The Kier molecular flexibility index (Phi) is 6.08. The molecule has 0 radical (unpaired) electrons. The second-order valence-corrected chi connectivity index (χ2v) is 5.89. The van der Waals surface area contributed by atoms with Crippen molar-refractivity contribution >= 4 is 17.5 Å². The molecule has 0 fully saturated rings. The number of methoxy groups -OCH3 is 1. The minimum absolute atomic E-state index is 0.0119. The van der Waals surface area contributed by atoms with Crippen molar-refractivity contribution in [2.24, 2.45) is 10.4 Å². The van der Waals surface area contributed by atoms with Crippen LogP contribution in [0.3, 0.4) is 0 Å². The summed E-state index contributed by atoms with van der Waals surface area (Å²) >= 11 is 0. The van der Waals surface area contributed by atoms with Gasteiger partial charge in [0.15, 0.2) is 5.78 Å². The fourth-order valence-electron chi connectivity index (χ4n) is 2.41. The first-order valence-electron chi connectivity index (χ1n) is 6.97. The zero-order valence-electron chi connectivity index (χ0n) is 12.8. The number of esters is 1. The zero-order valence-corrected chi connectivity index (χ0v) is 12.8. The van der Waals surface area contributed by atoms with Crippen LogP contribution in [0.5, 0.6) is 0 Å². The summed E-state index contributed by atoms with van der Waals surface area (Å²) in [6.07, 6.45) is 1.000. The maximum Gasteiger partial charge on any atom is 0.305 e. The van der Waals surface area contributed by atoms with Crippen LogP contribution in [0, 0.1) is 5.41 Å². The Hall–Kier alpha value is -1.69. The SMILES string of the molecule is COC(=O)CCC(=NCCO)C1=C(O)CC(C)(C)CC1=O. The molecule has 0 heterocycles. The summed E-state index contributed by atoms with van der Waals surface area (Å²) in [5.41, 5.74) is 0.286. The molecule has 1 aliphatic carbocycles. The predicted octanol–water partition coefficient (Wildman–Crippen LogP) is 1.57. The Morgan fingerprint density at radius 2 is 2.00 bits per heavy atom. The highest BCUT2D eigenvalue weighted by molar-refractivity contribution is 6.23. The summed E-state index contributed by atoms with van der Waals surface area (Å²) in [7, 11) is 1.29. The average molecular weight is 297 g/mol. The summed E-state index contributed by atoms with van der Waals surface area (Å²) in [5, 5.41) is 19.1. The van der Waals surface area contributed by atoms with Gasteiger partial charge >= 0.3 is 5.97 Å². The molecule has 118 valence electrons. The Balaban J connectivity index is 3.02. The zero-order chi connectivity index (χ0) is 16.0. The van der Waals surface area contributed by atoms with E-state index in [4.69, 9.17) is 5.11 Å². The lowest BCUT2D eigenvalue weighted by molar-refractivity contribution is -0.140. The number of allylic oxidation sites excluding steroid dienone is 2. The van der Waals surface area contributed by atoms with Crippen molar-refractivity contribution in [3.63, 3.8) is 0 Å². The minimum atomic E-state index is -0.407. The van der Waals surface area contributed by atoms with Crippen LogP contribution in [-0.4, -0.2) is 47.9 Å². The van der Waals surface area contributed by atoms with Crippen molar-refractivity contribution in [2.75, 3.05) is 20.3 Å². The summed E-state index contributed by atoms with van der Waals surface area (Å²) in [6, 6.07) is 0. The van der Waals surface area contributed by atoms with E-state index in [-0.39, 0.29) is 48.5 Å². The van der Waals surface area contributed by atoms with E-state index in [1.165, 1.54) is 7.11 Å². The van der Waals surface area contributed by atoms with Gasteiger partial charge < -0.3 is 14.9 Å². The summed E-state index contributed by atoms with van der Waals surface area (Å²) in [6.45, 7) is 3.80. The molecule has 0 atom stereocenters. The molecule has 2 N–H and O–H groups in total. The standard InChI is InChI=1S/C15H23NO5/c1-15(2)8-11(18)14(12(19)9-15)10(16-6-7-17)4-5-13(20)21-3/h17-18H,4-9H2,1-3H3. The number of rotatable bonds is 6. The van der Waals surface area contributed by atoms with E-state index >= 15 is 0 Å². The molecular formula is C15H23NO5. The van der Waals surface area contributed by atoms with Gasteiger partial charge in [-0.1, -0.05) is 13.8 Å². The van der Waals surface area contributed by atoms with Crippen LogP contribution in [-0.2, 0) is 14.3 Å². The van der Waals surface area contributed by atoms with Gasteiger partial charge in [-0.15, -0.1) is 0 Å². The summed E-state index contributed by atoms with van der Waals surface area (Å²) in [5.74, 6) is -0.571. The number of carbonyl (C=O) groups excluding carboxylic acids is 2. The van der Waals surface area contributed by atoms with Crippen molar-refractivity contribution in [2.45, 2.75) is 39.5 Å². The number of hydrogen-bond donors (Lipinski definition) is 2. The first-order valence-corrected chi connectivity index (χ1v) is 6.97. The fourth-order valence-corrected chi connectivity index (χ4v) is 2.41. The topological polar surface area (TPSA) is 96.2 Å². The van der Waals surface area contributed by atoms with Gasteiger partial charge in [-0.25, -0.2) is 0 Å². The maximum absolute atomic E-state index is 12.3. The quantitative estimate of drug-likeness (QED) is 0.573. The number of nitrogens with zero attached hydrogens (tertiary/aromatic N) is 1. The van der Waals surface area contributed by atoms with Gasteiger partial charge in [0.25, 0.3) is 0 Å². The van der Waals surface area contributed by atoms with Crippen LogP contribution in [0.25, 0.3) is 0 Å². The molecule has 0 aromatic carbocycles. The molecule has 6 nitrogen and oxygen atoms in total. The molecule has 0 aromatic heterocycles. The van der Waals surface area contributed by atoms with Crippen molar-refractivity contribution < 1.29 is 24.5 Å². The highest BCUT2D eigenvalue weighted by Crippen LogP contribution is 2.36. The van der Waals surface area contributed by atoms with Gasteiger partial charge in [-0.3, -0.25) is 14.6 Å². The van der Waals surface area contributed by atoms with Gasteiger partial charge in [0.2, 0.25) is 0 Å². The lowest BCUT2D eigenvalue weighted by Crippen LogP contribution is -2.29. The van der Waals surface area contributed by atoms with Gasteiger partial charge in [-0.05, 0) is 5.41 Å². The van der Waals surface area contributed by atoms with E-state index in [2.05, 4.69) is 9.73 Å². The van der Waals surface area contributed by atoms with Gasteiger partial charge in [0.1, 0.15) is 5.76 Å². The molecule has 0 amide bonds. The van der Waals surface area contributed by atoms with Crippen molar-refractivity contribution in [1.82, 2.24) is 0 Å². The monoisotopic (exact) mass is 297 g/mol. The molecule has 0 spiro atoms. The number of aliphatic hydroxyl groups excluding tert-OH is 2. The maximum atomic E-state index is 12.3. The number of aliphatic hydroxyl groups is 2. The van der Waals surface area contributed by atoms with Gasteiger partial charge in [-0.2, -0.15) is 0 Å². The second-order valence-electron chi connectivity index (χ2n) is 5.89. The van der Waals surface area contributed by atoms with Gasteiger partial charge in [0, 0.05) is 25.0 Å². The molecule has 0 aliphatic heterocycles. The smallest absolute Gasteiger partial charge is 0.305 e. The number of Topliss-reactive ketones (excluding diaryl/α,β-unsaturated/α-hetero) is 1. The number of ketones is 1. The van der Waals surface area contributed by atoms with Crippen LogP contribution in [0.15, 0.2) is 16.3 Å². The molecule has 21 heavy (non-hydrogen) atoms. The Morgan fingerprint density at radius 1 is 1.33 bits per heavy atom. The molecule has 0 bridgehead atoms. The van der Waals surface area contributed by atoms with Crippen molar-refractivity contribution in [3.05, 3.63) is 11.3 Å². The third-order valence-electron chi connectivity index (χ3n) is 3.34. The molecule has 0 aromatic rings. The summed E-state index contributed by atoms with van der Waals surface area (Å²) < 4.78 is 4.57. The molecule has 0 unspecified atom stereocenters. The first kappa shape index (κ1) is 17.4. The van der Waals surface area contributed by atoms with Crippen LogP contribution in [0.4, 0.5) is 0 Å². The van der Waals surface area contributed by atoms with E-state index in [0.29, 0.717) is 18.6 Å². The summed E-state index contributed by atoms with van der Waals surface area (Å²) in [4.78, 5) is 27.7. The van der Waals surface area contributed by atoms with Crippen molar-refractivity contribution in [3.8, 4) is 0 Å². The average Bonchev–Trinajstić information content (AvgIpc) is 2.38. The molecule has 1 rings (SSSR count). The van der Waals surface area contributed by atoms with Crippen LogP contribution in [0.1, 0.15) is 39.5 Å². The molecule has 1 aliphatic rings. The van der Waals surface area contributed by atoms with E-state index in [9.17, 15) is 14.7 Å². The molecular weight excluding hydrogens is 274 g/mol. The number of carbonyl (C=O) groups is 2. The van der Waals surface area contributed by atoms with Crippen molar-refractivity contribution in [1.29, 1.82) is 0 Å². The largest absolute Gasteiger partial charge is 0.511 e. The van der Waals surface area contributed by atoms with E-state index in [1.807, 2.05) is 13.8 Å². The normalized spacial score (nSPS) is 18.9. The highest BCUT2D eigenvalue weighted by atomic mass is 16.5. The van der Waals surface area contributed by atoms with E-state index in [0.717, 1.165) is 0 Å². The third kappa shape index (κ3) is 4.97. The van der Waals surface area contributed by atoms with Crippen LogP contribution >= 0.6 is 0 Å². The molecule has 6 heteroatoms. The van der Waals surface area contributed by atoms with E-state index in [1.54, 1.807) is 0 Å². The number of hydrogen-bond acceptors (Lipinski definition) is 6. The van der Waals surface area contributed by atoms with Crippen LogP contribution in [0.2, 0.25) is 0 Å². The fraction of sp³-hybridized carbons (Fsp3) is 0.667. The molecule has 0 saturated heterocycles. The lowest BCUT2D eigenvalue weighted by Gasteiger charge is -2.30. The highest BCUT2D eigenvalue weighted by Gasteiger charge is 2.34. The molecule has 0 saturated carbocycles. The van der Waals surface area contributed by atoms with Gasteiger partial charge in [0.05, 0.1) is 32.3 Å². The first-order chi connectivity index (χ1) is 9.80. The Bertz CT molecular complexity index is 476. The predicted molar refractivity (Wildman–Crippen MR) is 78.3 cm³/mol. The second kappa shape index (κ2) is 7.36. The lowest BCUT2D eigenvalue weighted by atomic mass is 9.75. The van der Waals surface area contributed by atoms with E-state index < -0.39 is 5.97 Å². The Labute approximate surface area is 124 Å². The minimum Gasteiger partial charge on any atom is -0.511 e. The Morgan fingerprint density at radius 3 is 2.52 bits per heavy atom. The number of aliphatic imine (C=N–C) groups is 1. The third-order valence-corrected chi connectivity index (χ3v) is 3.34.